The second-order valence-electron chi connectivity index (χ2n) is 6.38. The molecule has 0 fully saturated rings. The zero-order valence-electron chi connectivity index (χ0n) is 12.9. The fourth-order valence-electron chi connectivity index (χ4n) is 1.88. The van der Waals surface area contributed by atoms with Crippen molar-refractivity contribution in [1.29, 1.82) is 0 Å². The lowest BCUT2D eigenvalue weighted by Crippen LogP contribution is -2.25. The van der Waals surface area contributed by atoms with Crippen LogP contribution in [0.4, 0.5) is 5.69 Å². The Balaban J connectivity index is 2.87. The number of carbonyl (C=O) groups excluding carboxylic acids is 1. The summed E-state index contributed by atoms with van der Waals surface area (Å²) in [5.74, 6) is 0.288. The number of rotatable bonds is 4. The predicted octanol–water partition coefficient (Wildman–Crippen LogP) is 3.64. The summed E-state index contributed by atoms with van der Waals surface area (Å²) in [5, 5.41) is 2.93. The zero-order chi connectivity index (χ0) is 15.5. The molecule has 4 heteroatoms. The van der Waals surface area contributed by atoms with Crippen molar-refractivity contribution in [3.8, 4) is 0 Å². The fourth-order valence-corrected chi connectivity index (χ4v) is 2.16. The molecule has 1 atom stereocenters. The third-order valence-electron chi connectivity index (χ3n) is 3.76. The van der Waals surface area contributed by atoms with Gasteiger partial charge in [0, 0.05) is 12.0 Å². The summed E-state index contributed by atoms with van der Waals surface area (Å²) in [6, 6.07) is 5.66. The lowest BCUT2D eigenvalue weighted by atomic mass is 9.80. The Morgan fingerprint density at radius 2 is 2.00 bits per heavy atom. The molecule has 1 aromatic rings. The summed E-state index contributed by atoms with van der Waals surface area (Å²) in [7, 11) is 0. The van der Waals surface area contributed by atoms with Gasteiger partial charge in [0.15, 0.2) is 0 Å². The average Bonchev–Trinajstić information content (AvgIpc) is 2.26. The van der Waals surface area contributed by atoms with Crippen molar-refractivity contribution in [3.05, 3.63) is 29.3 Å². The molecule has 20 heavy (non-hydrogen) atoms. The third kappa shape index (κ3) is 4.30. The molecule has 0 saturated carbocycles. The third-order valence-corrected chi connectivity index (χ3v) is 3.97. The molecular weight excluding hydrogens is 268 g/mol. The van der Waals surface area contributed by atoms with E-state index in [4.69, 9.17) is 18.0 Å². The number of benzene rings is 1. The van der Waals surface area contributed by atoms with Crippen molar-refractivity contribution in [3.63, 3.8) is 0 Å². The van der Waals surface area contributed by atoms with Crippen LogP contribution in [-0.2, 0) is 4.79 Å². The van der Waals surface area contributed by atoms with Crippen LogP contribution in [0, 0.1) is 18.3 Å². The van der Waals surface area contributed by atoms with Gasteiger partial charge in [0.2, 0.25) is 5.91 Å². The van der Waals surface area contributed by atoms with E-state index in [-0.39, 0.29) is 11.3 Å². The Kier molecular flexibility index (Phi) is 5.28. The molecule has 1 unspecified atom stereocenters. The molecular formula is C16H24N2OS. The van der Waals surface area contributed by atoms with Gasteiger partial charge in [-0.05, 0) is 29.9 Å². The number of carbonyl (C=O) groups is 1. The number of hydrogen-bond donors (Lipinski definition) is 2. The number of hydrogen-bond acceptors (Lipinski definition) is 2. The topological polar surface area (TPSA) is 55.1 Å². The maximum absolute atomic E-state index is 12.2. The molecule has 1 aromatic carbocycles. The van der Waals surface area contributed by atoms with E-state index in [0.29, 0.717) is 23.0 Å². The quantitative estimate of drug-likeness (QED) is 0.833. The van der Waals surface area contributed by atoms with Crippen molar-refractivity contribution in [2.75, 3.05) is 5.32 Å². The first kappa shape index (κ1) is 16.6. The van der Waals surface area contributed by atoms with Gasteiger partial charge in [-0.25, -0.2) is 0 Å². The van der Waals surface area contributed by atoms with E-state index in [1.165, 1.54) is 0 Å². The second kappa shape index (κ2) is 6.35. The first-order valence-corrected chi connectivity index (χ1v) is 7.23. The van der Waals surface area contributed by atoms with E-state index < -0.39 is 0 Å². The molecule has 0 aliphatic rings. The summed E-state index contributed by atoms with van der Waals surface area (Å²) >= 11 is 5.06. The van der Waals surface area contributed by atoms with Crippen LogP contribution in [-0.4, -0.2) is 10.9 Å². The van der Waals surface area contributed by atoms with Gasteiger partial charge in [0.1, 0.15) is 4.99 Å². The number of amides is 1. The van der Waals surface area contributed by atoms with E-state index in [1.807, 2.05) is 25.1 Å². The van der Waals surface area contributed by atoms with Gasteiger partial charge in [-0.1, -0.05) is 52.0 Å². The average molecular weight is 292 g/mol. The first-order valence-electron chi connectivity index (χ1n) is 6.82. The summed E-state index contributed by atoms with van der Waals surface area (Å²) in [5.41, 5.74) is 8.27. The molecule has 1 rings (SSSR count). The second-order valence-corrected chi connectivity index (χ2v) is 6.82. The minimum Gasteiger partial charge on any atom is -0.389 e. The molecule has 0 aromatic heterocycles. The lowest BCUT2D eigenvalue weighted by molar-refractivity contribution is -0.117. The monoisotopic (exact) mass is 292 g/mol. The van der Waals surface area contributed by atoms with Crippen LogP contribution in [0.25, 0.3) is 0 Å². The smallest absolute Gasteiger partial charge is 0.224 e. The van der Waals surface area contributed by atoms with E-state index in [9.17, 15) is 4.79 Å². The van der Waals surface area contributed by atoms with Gasteiger partial charge in [-0.2, -0.15) is 0 Å². The Labute approximate surface area is 126 Å². The van der Waals surface area contributed by atoms with Crippen molar-refractivity contribution < 1.29 is 4.79 Å². The van der Waals surface area contributed by atoms with E-state index in [0.717, 1.165) is 11.1 Å². The molecule has 0 spiro atoms. The molecule has 3 nitrogen and oxygen atoms in total. The van der Waals surface area contributed by atoms with Crippen molar-refractivity contribution >= 4 is 28.8 Å². The number of nitrogens with one attached hydrogen (secondary N) is 1. The molecule has 0 heterocycles. The van der Waals surface area contributed by atoms with Gasteiger partial charge in [-0.15, -0.1) is 0 Å². The van der Waals surface area contributed by atoms with Gasteiger partial charge < -0.3 is 11.1 Å². The minimum absolute atomic E-state index is 0.00414. The van der Waals surface area contributed by atoms with Gasteiger partial charge in [0.25, 0.3) is 0 Å². The Morgan fingerprint density at radius 3 is 2.50 bits per heavy atom. The van der Waals surface area contributed by atoms with Crippen LogP contribution in [0.3, 0.4) is 0 Å². The van der Waals surface area contributed by atoms with Gasteiger partial charge in [-0.3, -0.25) is 4.79 Å². The normalized spacial score (nSPS) is 12.8. The van der Waals surface area contributed by atoms with Crippen LogP contribution in [0.15, 0.2) is 18.2 Å². The SMILES string of the molecule is Cc1cccc(NC(=O)CC(C)C(C)(C)C)c1C(N)=S. The Bertz CT molecular complexity index is 518. The highest BCUT2D eigenvalue weighted by atomic mass is 32.1. The number of aryl methyl sites for hydroxylation is 1. The van der Waals surface area contributed by atoms with E-state index >= 15 is 0 Å². The molecule has 0 aliphatic heterocycles. The molecule has 0 bridgehead atoms. The maximum atomic E-state index is 12.2. The molecule has 3 N–H and O–H groups in total. The summed E-state index contributed by atoms with van der Waals surface area (Å²) in [6.07, 6.45) is 0.480. The highest BCUT2D eigenvalue weighted by molar-refractivity contribution is 7.80. The lowest BCUT2D eigenvalue weighted by Gasteiger charge is -2.26. The Morgan fingerprint density at radius 1 is 1.40 bits per heavy atom. The molecule has 110 valence electrons. The number of thiocarbonyl (C=S) groups is 1. The van der Waals surface area contributed by atoms with Gasteiger partial charge >= 0.3 is 0 Å². The Hall–Kier alpha value is -1.42. The van der Waals surface area contributed by atoms with Crippen molar-refractivity contribution in [2.24, 2.45) is 17.1 Å². The number of nitrogens with two attached hydrogens (primary N) is 1. The van der Waals surface area contributed by atoms with Crippen LogP contribution in [0.1, 0.15) is 45.2 Å². The van der Waals surface area contributed by atoms with Crippen LogP contribution >= 0.6 is 12.2 Å². The predicted molar refractivity (Wildman–Crippen MR) is 88.9 cm³/mol. The van der Waals surface area contributed by atoms with Crippen LogP contribution < -0.4 is 11.1 Å². The van der Waals surface area contributed by atoms with E-state index in [1.54, 1.807) is 0 Å². The first-order chi connectivity index (χ1) is 9.12. The molecule has 0 aliphatic carbocycles. The standard InChI is InChI=1S/C16H24N2OS/c1-10-7-6-8-12(14(10)15(17)20)18-13(19)9-11(2)16(3,4)5/h6-8,11H,9H2,1-5H3,(H2,17,20)(H,18,19). The van der Waals surface area contributed by atoms with Crippen LogP contribution in [0.5, 0.6) is 0 Å². The highest BCUT2D eigenvalue weighted by Gasteiger charge is 2.23. The van der Waals surface area contributed by atoms with Crippen molar-refractivity contribution in [1.82, 2.24) is 0 Å². The maximum Gasteiger partial charge on any atom is 0.224 e. The summed E-state index contributed by atoms with van der Waals surface area (Å²) < 4.78 is 0. The number of anilines is 1. The van der Waals surface area contributed by atoms with Crippen LogP contribution in [0.2, 0.25) is 0 Å². The largest absolute Gasteiger partial charge is 0.389 e. The minimum atomic E-state index is -0.00414. The van der Waals surface area contributed by atoms with Gasteiger partial charge in [0.05, 0.1) is 5.69 Å². The zero-order valence-corrected chi connectivity index (χ0v) is 13.7. The highest BCUT2D eigenvalue weighted by Crippen LogP contribution is 2.28. The molecule has 0 saturated heterocycles. The van der Waals surface area contributed by atoms with E-state index in [2.05, 4.69) is 33.0 Å². The fraction of sp³-hybridized carbons (Fsp3) is 0.500. The van der Waals surface area contributed by atoms with Crippen molar-refractivity contribution in [2.45, 2.75) is 41.0 Å². The molecule has 1 amide bonds. The summed E-state index contributed by atoms with van der Waals surface area (Å²) in [6.45, 7) is 10.4. The molecule has 0 radical (unpaired) electrons. The summed E-state index contributed by atoms with van der Waals surface area (Å²) in [4.78, 5) is 12.5.